The highest BCUT2D eigenvalue weighted by Gasteiger charge is 2.29. The van der Waals surface area contributed by atoms with E-state index in [2.05, 4.69) is 24.1 Å². The van der Waals surface area contributed by atoms with E-state index in [1.54, 1.807) is 0 Å². The van der Waals surface area contributed by atoms with Gasteiger partial charge in [0.05, 0.1) is 0 Å². The molecule has 2 aliphatic rings. The lowest BCUT2D eigenvalue weighted by atomic mass is 10.1. The molecule has 0 radical (unpaired) electrons. The molecule has 0 bridgehead atoms. The van der Waals surface area contributed by atoms with Gasteiger partial charge in [0, 0.05) is 32.2 Å². The highest BCUT2D eigenvalue weighted by Crippen LogP contribution is 2.36. The van der Waals surface area contributed by atoms with Crippen molar-refractivity contribution in [2.45, 2.75) is 32.7 Å². The normalized spacial score (nSPS) is 33.2. The van der Waals surface area contributed by atoms with Crippen molar-refractivity contribution in [2.75, 3.05) is 26.2 Å². The fourth-order valence-electron chi connectivity index (χ4n) is 2.40. The molecule has 0 aromatic rings. The van der Waals surface area contributed by atoms with Crippen molar-refractivity contribution in [3.8, 4) is 0 Å². The Bertz CT molecular complexity index is 165. The van der Waals surface area contributed by atoms with E-state index in [9.17, 15) is 0 Å². The standard InChI is InChI=1S/C11H22N2/c1-9(11-3-4-11)7-13-6-5-12-10(2)8-13/h9-12H,3-8H2,1-2H3. The average molecular weight is 182 g/mol. The van der Waals surface area contributed by atoms with E-state index in [1.165, 1.54) is 39.0 Å². The van der Waals surface area contributed by atoms with Gasteiger partial charge in [-0.3, -0.25) is 0 Å². The summed E-state index contributed by atoms with van der Waals surface area (Å²) in [5.74, 6) is 2.00. The maximum Gasteiger partial charge on any atom is 0.0167 e. The van der Waals surface area contributed by atoms with Crippen LogP contribution in [0, 0.1) is 11.8 Å². The molecule has 0 amide bonds. The molecule has 2 fully saturated rings. The van der Waals surface area contributed by atoms with Crippen LogP contribution in [0.3, 0.4) is 0 Å². The summed E-state index contributed by atoms with van der Waals surface area (Å²) in [4.78, 5) is 2.63. The van der Waals surface area contributed by atoms with E-state index in [0.717, 1.165) is 11.8 Å². The Kier molecular flexibility index (Phi) is 2.89. The van der Waals surface area contributed by atoms with Gasteiger partial charge in [0.25, 0.3) is 0 Å². The highest BCUT2D eigenvalue weighted by atomic mass is 15.2. The van der Waals surface area contributed by atoms with Crippen molar-refractivity contribution in [1.29, 1.82) is 0 Å². The molecule has 0 spiro atoms. The van der Waals surface area contributed by atoms with Gasteiger partial charge in [0.2, 0.25) is 0 Å². The van der Waals surface area contributed by atoms with Gasteiger partial charge in [-0.2, -0.15) is 0 Å². The molecule has 2 nitrogen and oxygen atoms in total. The largest absolute Gasteiger partial charge is 0.312 e. The van der Waals surface area contributed by atoms with Crippen molar-refractivity contribution in [1.82, 2.24) is 10.2 Å². The predicted molar refractivity (Wildman–Crippen MR) is 55.8 cm³/mol. The van der Waals surface area contributed by atoms with Gasteiger partial charge in [-0.25, -0.2) is 0 Å². The molecule has 1 aliphatic carbocycles. The molecule has 2 unspecified atom stereocenters. The number of rotatable bonds is 3. The van der Waals surface area contributed by atoms with Crippen LogP contribution in [0.25, 0.3) is 0 Å². The molecule has 1 aliphatic heterocycles. The average Bonchev–Trinajstić information content (AvgIpc) is 2.85. The number of hydrogen-bond donors (Lipinski definition) is 1. The molecule has 76 valence electrons. The summed E-state index contributed by atoms with van der Waals surface area (Å²) < 4.78 is 0. The third-order valence-electron chi connectivity index (χ3n) is 3.43. The predicted octanol–water partition coefficient (Wildman–Crippen LogP) is 1.33. The molecule has 13 heavy (non-hydrogen) atoms. The van der Waals surface area contributed by atoms with E-state index >= 15 is 0 Å². The number of nitrogens with zero attached hydrogens (tertiary/aromatic N) is 1. The summed E-state index contributed by atoms with van der Waals surface area (Å²) in [6.07, 6.45) is 2.98. The second kappa shape index (κ2) is 3.97. The fourth-order valence-corrected chi connectivity index (χ4v) is 2.40. The number of nitrogens with one attached hydrogen (secondary N) is 1. The van der Waals surface area contributed by atoms with Crippen molar-refractivity contribution < 1.29 is 0 Å². The van der Waals surface area contributed by atoms with E-state index in [1.807, 2.05) is 0 Å². The van der Waals surface area contributed by atoms with Gasteiger partial charge in [-0.1, -0.05) is 6.92 Å². The summed E-state index contributed by atoms with van der Waals surface area (Å²) in [5.41, 5.74) is 0. The first kappa shape index (κ1) is 9.47. The number of hydrogen-bond acceptors (Lipinski definition) is 2. The summed E-state index contributed by atoms with van der Waals surface area (Å²) >= 11 is 0. The zero-order valence-corrected chi connectivity index (χ0v) is 8.92. The van der Waals surface area contributed by atoms with E-state index in [-0.39, 0.29) is 0 Å². The third-order valence-corrected chi connectivity index (χ3v) is 3.43. The Morgan fingerprint density at radius 3 is 2.85 bits per heavy atom. The van der Waals surface area contributed by atoms with Crippen LogP contribution in [0.1, 0.15) is 26.7 Å². The summed E-state index contributed by atoms with van der Waals surface area (Å²) in [6, 6.07) is 0.695. The zero-order valence-electron chi connectivity index (χ0n) is 8.92. The minimum atomic E-state index is 0.695. The van der Waals surface area contributed by atoms with Crippen LogP contribution in [-0.4, -0.2) is 37.1 Å². The lowest BCUT2D eigenvalue weighted by Crippen LogP contribution is -2.50. The maximum absolute atomic E-state index is 3.49. The molecular weight excluding hydrogens is 160 g/mol. The van der Waals surface area contributed by atoms with Crippen molar-refractivity contribution in [2.24, 2.45) is 11.8 Å². The van der Waals surface area contributed by atoms with Crippen LogP contribution >= 0.6 is 0 Å². The smallest absolute Gasteiger partial charge is 0.0167 e. The quantitative estimate of drug-likeness (QED) is 0.708. The first-order valence-electron chi connectivity index (χ1n) is 5.71. The molecule has 2 heteroatoms. The molecule has 0 aromatic heterocycles. The lowest BCUT2D eigenvalue weighted by molar-refractivity contribution is 0.176. The topological polar surface area (TPSA) is 15.3 Å². The Morgan fingerprint density at radius 2 is 2.23 bits per heavy atom. The first-order chi connectivity index (χ1) is 6.25. The third kappa shape index (κ3) is 2.68. The summed E-state index contributed by atoms with van der Waals surface area (Å²) in [6.45, 7) is 9.71. The van der Waals surface area contributed by atoms with Crippen LogP contribution in [0.4, 0.5) is 0 Å². The first-order valence-corrected chi connectivity index (χ1v) is 5.71. The minimum absolute atomic E-state index is 0.695. The van der Waals surface area contributed by atoms with Gasteiger partial charge in [-0.15, -0.1) is 0 Å². The van der Waals surface area contributed by atoms with E-state index < -0.39 is 0 Å². The van der Waals surface area contributed by atoms with Crippen LogP contribution in [-0.2, 0) is 0 Å². The van der Waals surface area contributed by atoms with Crippen molar-refractivity contribution >= 4 is 0 Å². The van der Waals surface area contributed by atoms with Gasteiger partial charge in [0.15, 0.2) is 0 Å². The van der Waals surface area contributed by atoms with Gasteiger partial charge >= 0.3 is 0 Å². The Morgan fingerprint density at radius 1 is 1.46 bits per heavy atom. The maximum atomic E-state index is 3.49. The van der Waals surface area contributed by atoms with Crippen LogP contribution in [0.2, 0.25) is 0 Å². The van der Waals surface area contributed by atoms with Crippen LogP contribution < -0.4 is 5.32 Å². The van der Waals surface area contributed by atoms with Gasteiger partial charge in [0.1, 0.15) is 0 Å². The summed E-state index contributed by atoms with van der Waals surface area (Å²) in [7, 11) is 0. The molecule has 1 saturated carbocycles. The molecule has 2 atom stereocenters. The fraction of sp³-hybridized carbons (Fsp3) is 1.00. The van der Waals surface area contributed by atoms with Crippen LogP contribution in [0.15, 0.2) is 0 Å². The van der Waals surface area contributed by atoms with Crippen molar-refractivity contribution in [3.05, 3.63) is 0 Å². The van der Waals surface area contributed by atoms with Crippen LogP contribution in [0.5, 0.6) is 0 Å². The van der Waals surface area contributed by atoms with E-state index in [0.29, 0.717) is 6.04 Å². The molecule has 0 aromatic carbocycles. The SMILES string of the molecule is CC1CN(CC(C)C2CC2)CCN1. The Labute approximate surface area is 81.7 Å². The minimum Gasteiger partial charge on any atom is -0.312 e. The zero-order chi connectivity index (χ0) is 9.26. The summed E-state index contributed by atoms with van der Waals surface area (Å²) in [5, 5.41) is 3.49. The monoisotopic (exact) mass is 182 g/mol. The lowest BCUT2D eigenvalue weighted by Gasteiger charge is -2.33. The molecule has 1 heterocycles. The van der Waals surface area contributed by atoms with Gasteiger partial charge < -0.3 is 10.2 Å². The Balaban J connectivity index is 1.73. The molecule has 1 N–H and O–H groups in total. The second-order valence-electron chi connectivity index (χ2n) is 4.93. The molecule has 2 rings (SSSR count). The molecular formula is C11H22N2. The Hall–Kier alpha value is -0.0800. The highest BCUT2D eigenvalue weighted by molar-refractivity contribution is 4.83. The van der Waals surface area contributed by atoms with E-state index in [4.69, 9.17) is 0 Å². The van der Waals surface area contributed by atoms with Crippen molar-refractivity contribution in [3.63, 3.8) is 0 Å². The second-order valence-corrected chi connectivity index (χ2v) is 4.93. The number of piperazine rings is 1. The van der Waals surface area contributed by atoms with Gasteiger partial charge in [-0.05, 0) is 31.6 Å². The molecule has 1 saturated heterocycles.